The van der Waals surface area contributed by atoms with Gasteiger partial charge < -0.3 is 9.84 Å². The van der Waals surface area contributed by atoms with E-state index in [9.17, 15) is 5.11 Å². The quantitative estimate of drug-likeness (QED) is 0.655. The lowest BCUT2D eigenvalue weighted by molar-refractivity contribution is -0.0730. The van der Waals surface area contributed by atoms with E-state index < -0.39 is 0 Å². The molecule has 1 fully saturated rings. The Morgan fingerprint density at radius 3 is 2.25 bits per heavy atom. The third-order valence-electron chi connectivity index (χ3n) is 2.50. The van der Waals surface area contributed by atoms with Crippen molar-refractivity contribution in [3.63, 3.8) is 0 Å². The average Bonchev–Trinajstić information content (AvgIpc) is 2.32. The fourth-order valence-electron chi connectivity index (χ4n) is 1.62. The summed E-state index contributed by atoms with van der Waals surface area (Å²) in [5.74, 6) is 0. The normalized spacial score (nSPS) is 33.8. The van der Waals surface area contributed by atoms with Crippen molar-refractivity contribution in [1.29, 1.82) is 0 Å². The largest absolute Gasteiger partial charge is 0.390 e. The summed E-state index contributed by atoms with van der Waals surface area (Å²) in [5.41, 5.74) is -0.0608. The van der Waals surface area contributed by atoms with Crippen LogP contribution in [0.1, 0.15) is 40.5 Å². The third kappa shape index (κ3) is 2.20. The van der Waals surface area contributed by atoms with Gasteiger partial charge in [-0.3, -0.25) is 0 Å². The van der Waals surface area contributed by atoms with E-state index in [1.54, 1.807) is 0 Å². The van der Waals surface area contributed by atoms with Gasteiger partial charge in [0.25, 0.3) is 0 Å². The van der Waals surface area contributed by atoms with Crippen LogP contribution < -0.4 is 0 Å². The molecule has 1 rings (SSSR count). The van der Waals surface area contributed by atoms with Crippen molar-refractivity contribution in [3.05, 3.63) is 0 Å². The van der Waals surface area contributed by atoms with Gasteiger partial charge >= 0.3 is 0 Å². The minimum atomic E-state index is -0.331. The smallest absolute Gasteiger partial charge is 0.0850 e. The van der Waals surface area contributed by atoms with E-state index >= 15 is 0 Å². The Morgan fingerprint density at radius 1 is 1.33 bits per heavy atom. The minimum Gasteiger partial charge on any atom is -0.390 e. The van der Waals surface area contributed by atoms with E-state index in [1.807, 2.05) is 20.8 Å². The zero-order valence-electron chi connectivity index (χ0n) is 8.50. The average molecular weight is 172 g/mol. The highest BCUT2D eigenvalue weighted by atomic mass is 16.5. The van der Waals surface area contributed by atoms with Crippen LogP contribution >= 0.6 is 0 Å². The fraction of sp³-hybridized carbons (Fsp3) is 1.00. The monoisotopic (exact) mass is 172 g/mol. The molecule has 0 radical (unpaired) electrons. The Bertz CT molecular complexity index is 148. The SMILES string of the molecule is CC1CCC(C(O)C(C)(C)C)O1. The lowest BCUT2D eigenvalue weighted by atomic mass is 9.85. The van der Waals surface area contributed by atoms with Crippen LogP contribution in [0.3, 0.4) is 0 Å². The van der Waals surface area contributed by atoms with E-state index in [-0.39, 0.29) is 17.6 Å². The molecule has 72 valence electrons. The second-order valence-corrected chi connectivity index (χ2v) is 4.87. The summed E-state index contributed by atoms with van der Waals surface area (Å²) in [6.07, 6.45) is 2.13. The summed E-state index contributed by atoms with van der Waals surface area (Å²) in [7, 11) is 0. The Hall–Kier alpha value is -0.0800. The van der Waals surface area contributed by atoms with E-state index in [4.69, 9.17) is 4.74 Å². The Kier molecular flexibility index (Phi) is 2.79. The first-order valence-corrected chi connectivity index (χ1v) is 4.75. The standard InChI is InChI=1S/C10H20O2/c1-7-5-6-8(12-7)9(11)10(2,3)4/h7-9,11H,5-6H2,1-4H3. The molecule has 3 atom stereocenters. The summed E-state index contributed by atoms with van der Waals surface area (Å²) in [4.78, 5) is 0. The summed E-state index contributed by atoms with van der Waals surface area (Å²) >= 11 is 0. The van der Waals surface area contributed by atoms with Gasteiger partial charge in [0.15, 0.2) is 0 Å². The minimum absolute atomic E-state index is 0.0556. The highest BCUT2D eigenvalue weighted by Gasteiger charge is 2.35. The maximum Gasteiger partial charge on any atom is 0.0850 e. The zero-order valence-corrected chi connectivity index (χ0v) is 8.50. The van der Waals surface area contributed by atoms with E-state index in [1.165, 1.54) is 0 Å². The van der Waals surface area contributed by atoms with Crippen molar-refractivity contribution in [2.75, 3.05) is 0 Å². The molecule has 1 heterocycles. The van der Waals surface area contributed by atoms with Gasteiger partial charge in [-0.2, -0.15) is 0 Å². The maximum absolute atomic E-state index is 9.88. The van der Waals surface area contributed by atoms with E-state index in [0.29, 0.717) is 6.10 Å². The number of ether oxygens (including phenoxy) is 1. The van der Waals surface area contributed by atoms with Crippen molar-refractivity contribution in [1.82, 2.24) is 0 Å². The van der Waals surface area contributed by atoms with Gasteiger partial charge in [-0.1, -0.05) is 20.8 Å². The summed E-state index contributed by atoms with van der Waals surface area (Å²) in [5, 5.41) is 9.88. The van der Waals surface area contributed by atoms with Gasteiger partial charge in [0, 0.05) is 0 Å². The first-order valence-electron chi connectivity index (χ1n) is 4.75. The molecule has 2 heteroatoms. The Balaban J connectivity index is 2.48. The van der Waals surface area contributed by atoms with Crippen molar-refractivity contribution in [2.24, 2.45) is 5.41 Å². The van der Waals surface area contributed by atoms with Crippen LogP contribution in [0.2, 0.25) is 0 Å². The van der Waals surface area contributed by atoms with E-state index in [2.05, 4.69) is 6.92 Å². The van der Waals surface area contributed by atoms with Gasteiger partial charge in [-0.05, 0) is 25.2 Å². The lowest BCUT2D eigenvalue weighted by Gasteiger charge is -2.30. The van der Waals surface area contributed by atoms with Crippen LogP contribution in [0.15, 0.2) is 0 Å². The van der Waals surface area contributed by atoms with Crippen molar-refractivity contribution >= 4 is 0 Å². The lowest BCUT2D eigenvalue weighted by Crippen LogP contribution is -2.37. The Morgan fingerprint density at radius 2 is 1.92 bits per heavy atom. The molecular weight excluding hydrogens is 152 g/mol. The first kappa shape index (κ1) is 10.0. The Labute approximate surface area is 74.9 Å². The van der Waals surface area contributed by atoms with Gasteiger partial charge in [0.2, 0.25) is 0 Å². The molecule has 0 aromatic heterocycles. The van der Waals surface area contributed by atoms with Crippen LogP contribution in [0.4, 0.5) is 0 Å². The van der Waals surface area contributed by atoms with Crippen LogP contribution in [0.5, 0.6) is 0 Å². The molecule has 0 aromatic carbocycles. The molecule has 2 nitrogen and oxygen atoms in total. The molecule has 0 saturated carbocycles. The molecule has 1 aliphatic heterocycles. The van der Waals surface area contributed by atoms with E-state index in [0.717, 1.165) is 12.8 Å². The van der Waals surface area contributed by atoms with Gasteiger partial charge in [0.05, 0.1) is 18.3 Å². The molecule has 3 unspecified atom stereocenters. The molecular formula is C10H20O2. The topological polar surface area (TPSA) is 29.5 Å². The van der Waals surface area contributed by atoms with Gasteiger partial charge in [0.1, 0.15) is 0 Å². The van der Waals surface area contributed by atoms with Gasteiger partial charge in [-0.25, -0.2) is 0 Å². The second-order valence-electron chi connectivity index (χ2n) is 4.87. The molecule has 1 N–H and O–H groups in total. The highest BCUT2D eigenvalue weighted by molar-refractivity contribution is 4.84. The number of rotatable bonds is 1. The van der Waals surface area contributed by atoms with Crippen LogP contribution in [0.25, 0.3) is 0 Å². The molecule has 1 saturated heterocycles. The summed E-state index contributed by atoms with van der Waals surface area (Å²) in [6.45, 7) is 8.20. The molecule has 1 aliphatic rings. The molecule has 12 heavy (non-hydrogen) atoms. The first-order chi connectivity index (χ1) is 5.41. The van der Waals surface area contributed by atoms with Crippen molar-refractivity contribution in [2.45, 2.75) is 58.8 Å². The number of hydrogen-bond acceptors (Lipinski definition) is 2. The van der Waals surface area contributed by atoms with Crippen LogP contribution in [-0.2, 0) is 4.74 Å². The second kappa shape index (κ2) is 3.35. The summed E-state index contributed by atoms with van der Waals surface area (Å²) in [6, 6.07) is 0. The number of aliphatic hydroxyl groups excluding tert-OH is 1. The predicted molar refractivity (Wildman–Crippen MR) is 49.0 cm³/mol. The predicted octanol–water partition coefficient (Wildman–Crippen LogP) is 1.96. The third-order valence-corrected chi connectivity index (χ3v) is 2.50. The number of aliphatic hydroxyl groups is 1. The number of hydrogen-bond donors (Lipinski definition) is 1. The van der Waals surface area contributed by atoms with Crippen molar-refractivity contribution < 1.29 is 9.84 Å². The maximum atomic E-state index is 9.88. The highest BCUT2D eigenvalue weighted by Crippen LogP contribution is 2.30. The molecule has 0 amide bonds. The van der Waals surface area contributed by atoms with Gasteiger partial charge in [-0.15, -0.1) is 0 Å². The fourth-order valence-corrected chi connectivity index (χ4v) is 1.62. The summed E-state index contributed by atoms with van der Waals surface area (Å²) < 4.78 is 5.60. The van der Waals surface area contributed by atoms with Crippen molar-refractivity contribution in [3.8, 4) is 0 Å². The molecule has 0 spiro atoms. The molecule has 0 bridgehead atoms. The zero-order chi connectivity index (χ0) is 9.35. The molecule has 0 aliphatic carbocycles. The molecule has 0 aromatic rings. The van der Waals surface area contributed by atoms with Crippen LogP contribution in [0, 0.1) is 5.41 Å². The van der Waals surface area contributed by atoms with Crippen LogP contribution in [-0.4, -0.2) is 23.4 Å².